The fraction of sp³-hybridized carbons (Fsp3) is 0.333. The lowest BCUT2D eigenvalue weighted by molar-refractivity contribution is 0.184. The van der Waals surface area contributed by atoms with Gasteiger partial charge in [-0.15, -0.1) is 11.3 Å². The molecule has 0 saturated carbocycles. The zero-order chi connectivity index (χ0) is 14.0. The molecule has 4 heteroatoms. The van der Waals surface area contributed by atoms with E-state index in [1.165, 1.54) is 11.1 Å². The summed E-state index contributed by atoms with van der Waals surface area (Å²) in [4.78, 5) is 1.14. The highest BCUT2D eigenvalue weighted by atomic mass is 79.9. The first kappa shape index (κ1) is 14.6. The van der Waals surface area contributed by atoms with Crippen LogP contribution in [0, 0.1) is 13.8 Å². The third-order valence-electron chi connectivity index (χ3n) is 2.80. The smallest absolute Gasteiger partial charge is 0.148 e. The van der Waals surface area contributed by atoms with Gasteiger partial charge in [-0.2, -0.15) is 0 Å². The molecule has 102 valence electrons. The standard InChI is InChI=1S/C15H18BrNOS/c1-9-4-10(2)6-13(5-9)18-15(11(3)17)14-7-12(16)8-19-14/h4-8,11,15H,17H2,1-3H3. The van der Waals surface area contributed by atoms with E-state index in [1.807, 2.05) is 19.1 Å². The number of rotatable bonds is 4. The van der Waals surface area contributed by atoms with Crippen molar-refractivity contribution in [2.24, 2.45) is 5.73 Å². The maximum atomic E-state index is 6.10. The van der Waals surface area contributed by atoms with Gasteiger partial charge in [-0.25, -0.2) is 0 Å². The van der Waals surface area contributed by atoms with E-state index in [0.29, 0.717) is 0 Å². The normalized spacial score (nSPS) is 14.2. The van der Waals surface area contributed by atoms with E-state index < -0.39 is 0 Å². The second-order valence-electron chi connectivity index (χ2n) is 4.89. The Kier molecular flexibility index (Phi) is 4.66. The Morgan fingerprint density at radius 3 is 2.26 bits per heavy atom. The Morgan fingerprint density at radius 1 is 1.16 bits per heavy atom. The summed E-state index contributed by atoms with van der Waals surface area (Å²) in [5, 5.41) is 2.05. The maximum absolute atomic E-state index is 6.10. The molecular formula is C15H18BrNOS. The van der Waals surface area contributed by atoms with Gasteiger partial charge in [-0.05, 0) is 66.0 Å². The molecule has 2 atom stereocenters. The van der Waals surface area contributed by atoms with Crippen LogP contribution in [0.25, 0.3) is 0 Å². The highest BCUT2D eigenvalue weighted by molar-refractivity contribution is 9.10. The summed E-state index contributed by atoms with van der Waals surface area (Å²) in [6.07, 6.45) is -0.113. The molecule has 1 heterocycles. The summed E-state index contributed by atoms with van der Waals surface area (Å²) in [6.45, 7) is 6.12. The van der Waals surface area contributed by atoms with Gasteiger partial charge in [0.25, 0.3) is 0 Å². The Labute approximate surface area is 126 Å². The Morgan fingerprint density at radius 2 is 1.79 bits per heavy atom. The number of aryl methyl sites for hydroxylation is 2. The van der Waals surface area contributed by atoms with E-state index in [1.54, 1.807) is 11.3 Å². The van der Waals surface area contributed by atoms with Crippen LogP contribution < -0.4 is 10.5 Å². The molecule has 19 heavy (non-hydrogen) atoms. The van der Waals surface area contributed by atoms with Gasteiger partial charge in [0.2, 0.25) is 0 Å². The van der Waals surface area contributed by atoms with Gasteiger partial charge >= 0.3 is 0 Å². The van der Waals surface area contributed by atoms with Gasteiger partial charge in [-0.1, -0.05) is 6.07 Å². The number of thiophene rings is 1. The highest BCUT2D eigenvalue weighted by Gasteiger charge is 2.20. The lowest BCUT2D eigenvalue weighted by Gasteiger charge is -2.22. The third-order valence-corrected chi connectivity index (χ3v) is 4.56. The van der Waals surface area contributed by atoms with Crippen LogP contribution in [0.15, 0.2) is 34.1 Å². The molecule has 1 aromatic heterocycles. The van der Waals surface area contributed by atoms with Gasteiger partial charge in [0.15, 0.2) is 0 Å². The topological polar surface area (TPSA) is 35.2 Å². The SMILES string of the molecule is Cc1cc(C)cc(OC(c2cc(Br)cs2)C(C)N)c1. The van der Waals surface area contributed by atoms with Crippen LogP contribution in [0.1, 0.15) is 29.0 Å². The van der Waals surface area contributed by atoms with Crippen molar-refractivity contribution < 1.29 is 4.74 Å². The van der Waals surface area contributed by atoms with Gasteiger partial charge in [0, 0.05) is 20.8 Å². The largest absolute Gasteiger partial charge is 0.483 e. The molecule has 0 bridgehead atoms. The minimum absolute atomic E-state index is 0.0635. The predicted molar refractivity (Wildman–Crippen MR) is 85.0 cm³/mol. The van der Waals surface area contributed by atoms with Crippen molar-refractivity contribution in [3.63, 3.8) is 0 Å². The number of hydrogen-bond donors (Lipinski definition) is 1. The van der Waals surface area contributed by atoms with Crippen molar-refractivity contribution in [2.45, 2.75) is 32.9 Å². The molecule has 0 fully saturated rings. The number of halogens is 1. The third kappa shape index (κ3) is 3.81. The van der Waals surface area contributed by atoms with E-state index in [2.05, 4.69) is 47.3 Å². The average Bonchev–Trinajstić information content (AvgIpc) is 2.70. The van der Waals surface area contributed by atoms with Crippen LogP contribution in [0.5, 0.6) is 5.75 Å². The molecule has 0 aliphatic heterocycles. The lowest BCUT2D eigenvalue weighted by atomic mass is 10.1. The first-order valence-electron chi connectivity index (χ1n) is 6.20. The van der Waals surface area contributed by atoms with Gasteiger partial charge in [0.05, 0.1) is 0 Å². The van der Waals surface area contributed by atoms with Crippen LogP contribution in [-0.4, -0.2) is 6.04 Å². The van der Waals surface area contributed by atoms with Crippen LogP contribution in [0.4, 0.5) is 0 Å². The fourth-order valence-corrected chi connectivity index (χ4v) is 3.64. The van der Waals surface area contributed by atoms with E-state index >= 15 is 0 Å². The Balaban J connectivity index is 2.26. The first-order valence-corrected chi connectivity index (χ1v) is 7.87. The molecule has 2 unspecified atom stereocenters. The molecule has 0 amide bonds. The summed E-state index contributed by atoms with van der Waals surface area (Å²) >= 11 is 5.13. The van der Waals surface area contributed by atoms with Gasteiger partial charge < -0.3 is 10.5 Å². The van der Waals surface area contributed by atoms with Gasteiger partial charge in [0.1, 0.15) is 11.9 Å². The van der Waals surface area contributed by atoms with Crippen LogP contribution >= 0.6 is 27.3 Å². The van der Waals surface area contributed by atoms with E-state index in [0.717, 1.165) is 15.1 Å². The predicted octanol–water partition coefficient (Wildman–Crippen LogP) is 4.59. The number of ether oxygens (including phenoxy) is 1. The summed E-state index contributed by atoms with van der Waals surface area (Å²) in [6, 6.07) is 8.23. The van der Waals surface area contributed by atoms with Crippen LogP contribution in [0.2, 0.25) is 0 Å². The molecule has 1 aromatic carbocycles. The minimum atomic E-state index is -0.113. The summed E-state index contributed by atoms with van der Waals surface area (Å²) in [5.41, 5.74) is 8.47. The van der Waals surface area contributed by atoms with Crippen LogP contribution in [-0.2, 0) is 0 Å². The van der Waals surface area contributed by atoms with Crippen molar-refractivity contribution in [3.05, 3.63) is 50.1 Å². The molecule has 2 N–H and O–H groups in total. The van der Waals surface area contributed by atoms with Crippen molar-refractivity contribution in [2.75, 3.05) is 0 Å². The number of hydrogen-bond acceptors (Lipinski definition) is 3. The minimum Gasteiger partial charge on any atom is -0.483 e. The van der Waals surface area contributed by atoms with Crippen LogP contribution in [0.3, 0.4) is 0 Å². The van der Waals surface area contributed by atoms with Crippen molar-refractivity contribution in [1.29, 1.82) is 0 Å². The Hall–Kier alpha value is -0.840. The van der Waals surface area contributed by atoms with Crippen molar-refractivity contribution >= 4 is 27.3 Å². The van der Waals surface area contributed by atoms with Crippen molar-refractivity contribution in [3.8, 4) is 5.75 Å². The molecule has 2 nitrogen and oxygen atoms in total. The number of benzene rings is 1. The molecule has 2 aromatic rings. The van der Waals surface area contributed by atoms with E-state index in [-0.39, 0.29) is 12.1 Å². The molecule has 0 saturated heterocycles. The molecule has 2 rings (SSSR count). The fourth-order valence-electron chi connectivity index (χ4n) is 2.05. The maximum Gasteiger partial charge on any atom is 0.148 e. The summed E-state index contributed by atoms with van der Waals surface area (Å²) in [5.74, 6) is 0.879. The van der Waals surface area contributed by atoms with E-state index in [4.69, 9.17) is 10.5 Å². The first-order chi connectivity index (χ1) is 8.95. The second kappa shape index (κ2) is 6.07. The second-order valence-corrected chi connectivity index (χ2v) is 6.75. The van der Waals surface area contributed by atoms with E-state index in [9.17, 15) is 0 Å². The average molecular weight is 340 g/mol. The molecule has 0 radical (unpaired) electrons. The lowest BCUT2D eigenvalue weighted by Crippen LogP contribution is -2.28. The summed E-state index contributed by atoms with van der Waals surface area (Å²) in [7, 11) is 0. The zero-order valence-electron chi connectivity index (χ0n) is 11.3. The number of nitrogens with two attached hydrogens (primary N) is 1. The van der Waals surface area contributed by atoms with Crippen molar-refractivity contribution in [1.82, 2.24) is 0 Å². The monoisotopic (exact) mass is 339 g/mol. The quantitative estimate of drug-likeness (QED) is 0.883. The highest BCUT2D eigenvalue weighted by Crippen LogP contribution is 2.31. The summed E-state index contributed by atoms with van der Waals surface area (Å²) < 4.78 is 7.17. The molecule has 0 spiro atoms. The zero-order valence-corrected chi connectivity index (χ0v) is 13.7. The molecule has 0 aliphatic carbocycles. The Bertz CT molecular complexity index is 545. The van der Waals surface area contributed by atoms with Gasteiger partial charge in [-0.3, -0.25) is 0 Å². The molecular weight excluding hydrogens is 322 g/mol. The molecule has 0 aliphatic rings.